The second kappa shape index (κ2) is 3.48. The van der Waals surface area contributed by atoms with Crippen LogP contribution in [0.3, 0.4) is 0 Å². The van der Waals surface area contributed by atoms with Crippen LogP contribution in [0, 0.1) is 0 Å². The Bertz CT molecular complexity index is 273. The summed E-state index contributed by atoms with van der Waals surface area (Å²) in [4.78, 5) is 2.62. The van der Waals surface area contributed by atoms with E-state index in [1.165, 1.54) is 14.2 Å². The summed E-state index contributed by atoms with van der Waals surface area (Å²) in [7, 11) is 0. The van der Waals surface area contributed by atoms with Crippen molar-refractivity contribution in [3.8, 4) is 0 Å². The van der Waals surface area contributed by atoms with Crippen molar-refractivity contribution in [2.75, 3.05) is 0 Å². The van der Waals surface area contributed by atoms with Gasteiger partial charge in [-0.1, -0.05) is 20.8 Å². The summed E-state index contributed by atoms with van der Waals surface area (Å²) in [5, 5.41) is 0. The van der Waals surface area contributed by atoms with Gasteiger partial charge in [-0.15, -0.1) is 11.3 Å². The minimum atomic E-state index is 0.219. The van der Waals surface area contributed by atoms with Gasteiger partial charge in [0, 0.05) is 20.8 Å². The SMILES string of the molecule is CC(C)(C)c1sc(CN)cc1Br. The van der Waals surface area contributed by atoms with Crippen LogP contribution in [-0.4, -0.2) is 0 Å². The quantitative estimate of drug-likeness (QED) is 0.811. The van der Waals surface area contributed by atoms with Gasteiger partial charge >= 0.3 is 0 Å². The highest BCUT2D eigenvalue weighted by atomic mass is 79.9. The van der Waals surface area contributed by atoms with E-state index in [-0.39, 0.29) is 5.41 Å². The lowest BCUT2D eigenvalue weighted by atomic mass is 9.95. The number of hydrogen-bond donors (Lipinski definition) is 1. The average molecular weight is 248 g/mol. The van der Waals surface area contributed by atoms with Crippen LogP contribution in [0.4, 0.5) is 0 Å². The Morgan fingerprint density at radius 2 is 2.08 bits per heavy atom. The smallest absolute Gasteiger partial charge is 0.0323 e. The van der Waals surface area contributed by atoms with Gasteiger partial charge in [0.2, 0.25) is 0 Å². The molecule has 0 radical (unpaired) electrons. The molecule has 0 aromatic carbocycles. The van der Waals surface area contributed by atoms with E-state index < -0.39 is 0 Å². The molecule has 1 rings (SSSR count). The fourth-order valence-electron chi connectivity index (χ4n) is 1.03. The van der Waals surface area contributed by atoms with Crippen molar-refractivity contribution in [3.05, 3.63) is 20.3 Å². The van der Waals surface area contributed by atoms with Crippen LogP contribution in [0.2, 0.25) is 0 Å². The van der Waals surface area contributed by atoms with Crippen LogP contribution in [0.25, 0.3) is 0 Å². The third-order valence-corrected chi connectivity index (χ3v) is 4.09. The molecule has 0 fully saturated rings. The summed E-state index contributed by atoms with van der Waals surface area (Å²) in [5.41, 5.74) is 5.78. The van der Waals surface area contributed by atoms with Crippen molar-refractivity contribution in [1.82, 2.24) is 0 Å². The minimum Gasteiger partial charge on any atom is -0.326 e. The summed E-state index contributed by atoms with van der Waals surface area (Å²) in [5.74, 6) is 0. The Morgan fingerprint density at radius 3 is 2.33 bits per heavy atom. The predicted molar refractivity (Wildman–Crippen MR) is 58.6 cm³/mol. The fraction of sp³-hybridized carbons (Fsp3) is 0.556. The van der Waals surface area contributed by atoms with Crippen LogP contribution in [-0.2, 0) is 12.0 Å². The molecule has 0 aliphatic heterocycles. The zero-order chi connectivity index (χ0) is 9.35. The Balaban J connectivity index is 3.08. The van der Waals surface area contributed by atoms with E-state index in [0.29, 0.717) is 6.54 Å². The molecule has 0 saturated heterocycles. The average Bonchev–Trinajstić information content (AvgIpc) is 2.29. The van der Waals surface area contributed by atoms with Crippen molar-refractivity contribution in [2.24, 2.45) is 5.73 Å². The van der Waals surface area contributed by atoms with Crippen LogP contribution in [0.5, 0.6) is 0 Å². The first kappa shape index (κ1) is 10.2. The van der Waals surface area contributed by atoms with Crippen molar-refractivity contribution >= 4 is 27.3 Å². The van der Waals surface area contributed by atoms with E-state index in [2.05, 4.69) is 42.8 Å². The third kappa shape index (κ3) is 2.09. The van der Waals surface area contributed by atoms with Gasteiger partial charge < -0.3 is 5.73 Å². The molecule has 12 heavy (non-hydrogen) atoms. The molecule has 3 heteroatoms. The monoisotopic (exact) mass is 247 g/mol. The van der Waals surface area contributed by atoms with E-state index in [9.17, 15) is 0 Å². The van der Waals surface area contributed by atoms with Gasteiger partial charge in [0.05, 0.1) is 0 Å². The summed E-state index contributed by atoms with van der Waals surface area (Å²) >= 11 is 5.34. The Kier molecular flexibility index (Phi) is 2.97. The van der Waals surface area contributed by atoms with E-state index in [4.69, 9.17) is 5.73 Å². The summed E-state index contributed by atoms with van der Waals surface area (Å²) in [6.45, 7) is 7.27. The van der Waals surface area contributed by atoms with Gasteiger partial charge in [0.25, 0.3) is 0 Å². The Morgan fingerprint density at radius 1 is 1.50 bits per heavy atom. The minimum absolute atomic E-state index is 0.219. The molecule has 0 aliphatic carbocycles. The molecule has 0 saturated carbocycles. The molecule has 2 N–H and O–H groups in total. The van der Waals surface area contributed by atoms with Crippen LogP contribution in [0.1, 0.15) is 30.5 Å². The first-order chi connectivity index (χ1) is 5.45. The van der Waals surface area contributed by atoms with Crippen molar-refractivity contribution in [2.45, 2.75) is 32.7 Å². The topological polar surface area (TPSA) is 26.0 Å². The van der Waals surface area contributed by atoms with E-state index in [1.54, 1.807) is 11.3 Å². The zero-order valence-corrected chi connectivity index (χ0v) is 10.1. The third-order valence-electron chi connectivity index (χ3n) is 1.62. The second-order valence-electron chi connectivity index (χ2n) is 3.84. The largest absolute Gasteiger partial charge is 0.326 e. The van der Waals surface area contributed by atoms with Gasteiger partial charge in [0.15, 0.2) is 0 Å². The zero-order valence-electron chi connectivity index (χ0n) is 7.65. The summed E-state index contributed by atoms with van der Waals surface area (Å²) in [6, 6.07) is 2.12. The highest BCUT2D eigenvalue weighted by Crippen LogP contribution is 2.36. The molecule has 0 aliphatic rings. The molecule has 0 amide bonds. The number of halogens is 1. The van der Waals surface area contributed by atoms with Gasteiger partial charge in [0.1, 0.15) is 0 Å². The maximum absolute atomic E-state index is 5.56. The number of thiophene rings is 1. The summed E-state index contributed by atoms with van der Waals surface area (Å²) < 4.78 is 1.19. The number of hydrogen-bond acceptors (Lipinski definition) is 2. The molecule has 68 valence electrons. The number of nitrogens with two attached hydrogens (primary N) is 1. The van der Waals surface area contributed by atoms with Gasteiger partial charge in [-0.25, -0.2) is 0 Å². The number of rotatable bonds is 1. The lowest BCUT2D eigenvalue weighted by Crippen LogP contribution is -2.08. The van der Waals surface area contributed by atoms with Gasteiger partial charge in [-0.05, 0) is 27.4 Å². The van der Waals surface area contributed by atoms with E-state index in [1.807, 2.05) is 0 Å². The fourth-order valence-corrected chi connectivity index (χ4v) is 3.28. The van der Waals surface area contributed by atoms with E-state index in [0.717, 1.165) is 0 Å². The summed E-state index contributed by atoms with van der Waals surface area (Å²) in [6.07, 6.45) is 0. The van der Waals surface area contributed by atoms with Crippen LogP contribution < -0.4 is 5.73 Å². The van der Waals surface area contributed by atoms with Crippen LogP contribution in [0.15, 0.2) is 10.5 Å². The van der Waals surface area contributed by atoms with Crippen molar-refractivity contribution in [1.29, 1.82) is 0 Å². The Labute approximate surface area is 86.1 Å². The molecule has 0 unspecified atom stereocenters. The first-order valence-corrected chi connectivity index (χ1v) is 5.55. The van der Waals surface area contributed by atoms with E-state index >= 15 is 0 Å². The second-order valence-corrected chi connectivity index (χ2v) is 5.83. The normalized spacial score (nSPS) is 12.1. The molecular formula is C9H14BrNS. The van der Waals surface area contributed by atoms with Gasteiger partial charge in [-0.3, -0.25) is 0 Å². The maximum atomic E-state index is 5.56. The predicted octanol–water partition coefficient (Wildman–Crippen LogP) is 3.27. The molecule has 0 atom stereocenters. The highest BCUT2D eigenvalue weighted by molar-refractivity contribution is 9.10. The van der Waals surface area contributed by atoms with Crippen LogP contribution >= 0.6 is 27.3 Å². The van der Waals surface area contributed by atoms with Crippen molar-refractivity contribution in [3.63, 3.8) is 0 Å². The Hall–Kier alpha value is 0.140. The molecule has 0 spiro atoms. The lowest BCUT2D eigenvalue weighted by Gasteiger charge is -2.16. The molecule has 0 bridgehead atoms. The maximum Gasteiger partial charge on any atom is 0.0323 e. The molecule has 1 heterocycles. The van der Waals surface area contributed by atoms with Gasteiger partial charge in [-0.2, -0.15) is 0 Å². The molecule has 1 nitrogen and oxygen atoms in total. The lowest BCUT2D eigenvalue weighted by molar-refractivity contribution is 0.601. The van der Waals surface area contributed by atoms with Crippen molar-refractivity contribution < 1.29 is 0 Å². The molecule has 1 aromatic heterocycles. The molecule has 1 aromatic rings. The first-order valence-electron chi connectivity index (χ1n) is 3.94. The molecular weight excluding hydrogens is 234 g/mol. The highest BCUT2D eigenvalue weighted by Gasteiger charge is 2.19. The standard InChI is InChI=1S/C9H14BrNS/c1-9(2,3)8-7(10)4-6(5-11)12-8/h4H,5,11H2,1-3H3.